The Bertz CT molecular complexity index is 623. The zero-order valence-corrected chi connectivity index (χ0v) is 10.9. The molecule has 0 unspecified atom stereocenters. The Morgan fingerprint density at radius 1 is 1.56 bits per heavy atom. The number of carbonyl (C=O) groups excluding carboxylic acids is 1. The number of rotatable bonds is 2. The fourth-order valence-corrected chi connectivity index (χ4v) is 2.21. The monoisotopic (exact) mass is 312 g/mol. The number of anilines is 1. The van der Waals surface area contributed by atoms with E-state index in [1.807, 2.05) is 0 Å². The van der Waals surface area contributed by atoms with Gasteiger partial charge in [-0.2, -0.15) is 0 Å². The lowest BCUT2D eigenvalue weighted by atomic mass is 10.0. The molecule has 3 heterocycles. The van der Waals surface area contributed by atoms with Crippen molar-refractivity contribution in [1.29, 1.82) is 0 Å². The van der Waals surface area contributed by atoms with Crippen molar-refractivity contribution < 1.29 is 9.18 Å². The largest absolute Gasteiger partial charge is 0.315 e. The van der Waals surface area contributed by atoms with E-state index >= 15 is 0 Å². The van der Waals surface area contributed by atoms with Gasteiger partial charge in [0.25, 0.3) is 0 Å². The van der Waals surface area contributed by atoms with Gasteiger partial charge in [0.05, 0.1) is 12.1 Å². The van der Waals surface area contributed by atoms with Gasteiger partial charge in [0.1, 0.15) is 0 Å². The van der Waals surface area contributed by atoms with E-state index in [0.717, 1.165) is 0 Å². The van der Waals surface area contributed by atoms with E-state index in [2.05, 4.69) is 31.5 Å². The smallest absolute Gasteiger partial charge is 0.231 e. The van der Waals surface area contributed by atoms with Gasteiger partial charge in [0.15, 0.2) is 17.3 Å². The minimum atomic E-state index is -0.435. The molecule has 94 valence electrons. The summed E-state index contributed by atoms with van der Waals surface area (Å²) in [7, 11) is 0. The van der Waals surface area contributed by atoms with Gasteiger partial charge in [-0.25, -0.2) is 9.37 Å². The van der Waals surface area contributed by atoms with Crippen LogP contribution in [0.25, 0.3) is 5.65 Å². The highest BCUT2D eigenvalue weighted by molar-refractivity contribution is 9.10. The van der Waals surface area contributed by atoms with Crippen LogP contribution in [-0.4, -0.2) is 28.4 Å². The molecule has 1 fully saturated rings. The number of imidazole rings is 1. The molecule has 0 aromatic carbocycles. The van der Waals surface area contributed by atoms with E-state index in [0.29, 0.717) is 23.4 Å². The van der Waals surface area contributed by atoms with Crippen LogP contribution in [-0.2, 0) is 4.79 Å². The highest BCUT2D eigenvalue weighted by Crippen LogP contribution is 2.19. The highest BCUT2D eigenvalue weighted by Gasteiger charge is 2.25. The summed E-state index contributed by atoms with van der Waals surface area (Å²) in [6.07, 6.45) is 3.28. The first-order valence-electron chi connectivity index (χ1n) is 5.49. The zero-order chi connectivity index (χ0) is 12.7. The number of fused-ring (bicyclic) bond motifs is 1. The number of nitrogens with one attached hydrogen (secondary N) is 2. The summed E-state index contributed by atoms with van der Waals surface area (Å²) in [5, 5.41) is 5.71. The minimum Gasteiger partial charge on any atom is -0.315 e. The Balaban J connectivity index is 1.88. The molecule has 7 heteroatoms. The Hall–Kier alpha value is -1.47. The molecule has 1 aliphatic heterocycles. The molecule has 0 atom stereocenters. The van der Waals surface area contributed by atoms with Gasteiger partial charge in [-0.05, 0) is 22.0 Å². The molecule has 18 heavy (non-hydrogen) atoms. The molecule has 2 aromatic rings. The predicted molar refractivity (Wildman–Crippen MR) is 67.8 cm³/mol. The van der Waals surface area contributed by atoms with Crippen LogP contribution in [0.15, 0.2) is 22.9 Å². The first-order valence-corrected chi connectivity index (χ1v) is 6.28. The Labute approximate surface area is 111 Å². The molecule has 2 aromatic heterocycles. The van der Waals surface area contributed by atoms with E-state index in [-0.39, 0.29) is 17.5 Å². The topological polar surface area (TPSA) is 58.4 Å². The SMILES string of the molecule is O=C(Nc1cn2cc(Br)cc(F)c2n1)C1CNC1. The summed E-state index contributed by atoms with van der Waals surface area (Å²) in [6, 6.07) is 1.34. The van der Waals surface area contributed by atoms with Crippen molar-refractivity contribution >= 4 is 33.3 Å². The van der Waals surface area contributed by atoms with Crippen LogP contribution in [0.2, 0.25) is 0 Å². The van der Waals surface area contributed by atoms with Gasteiger partial charge in [0.2, 0.25) is 5.91 Å². The second-order valence-corrected chi connectivity index (χ2v) is 5.12. The Morgan fingerprint density at radius 3 is 3.00 bits per heavy atom. The molecule has 0 radical (unpaired) electrons. The van der Waals surface area contributed by atoms with Crippen molar-refractivity contribution in [1.82, 2.24) is 14.7 Å². The van der Waals surface area contributed by atoms with E-state index < -0.39 is 5.82 Å². The lowest BCUT2D eigenvalue weighted by Crippen LogP contribution is -2.48. The van der Waals surface area contributed by atoms with Gasteiger partial charge in [-0.15, -0.1) is 0 Å². The number of nitrogens with zero attached hydrogens (tertiary/aromatic N) is 2. The maximum atomic E-state index is 13.6. The number of halogens is 2. The van der Waals surface area contributed by atoms with E-state index in [9.17, 15) is 9.18 Å². The van der Waals surface area contributed by atoms with Crippen LogP contribution in [0.5, 0.6) is 0 Å². The standard InChI is InChI=1S/C11H10BrFN4O/c12-7-1-8(13)10-15-9(5-17(10)4-7)16-11(18)6-2-14-3-6/h1,4-6,14H,2-3H2,(H,16,18). The average Bonchev–Trinajstić information content (AvgIpc) is 2.57. The number of carbonyl (C=O) groups is 1. The highest BCUT2D eigenvalue weighted by atomic mass is 79.9. The number of pyridine rings is 1. The first-order chi connectivity index (χ1) is 8.63. The molecule has 0 bridgehead atoms. The lowest BCUT2D eigenvalue weighted by Gasteiger charge is -2.25. The molecular weight excluding hydrogens is 303 g/mol. The van der Waals surface area contributed by atoms with Crippen LogP contribution in [0.4, 0.5) is 10.2 Å². The number of aromatic nitrogens is 2. The van der Waals surface area contributed by atoms with Crippen molar-refractivity contribution in [2.45, 2.75) is 0 Å². The van der Waals surface area contributed by atoms with Crippen LogP contribution < -0.4 is 10.6 Å². The van der Waals surface area contributed by atoms with Gasteiger partial charge in [-0.1, -0.05) is 0 Å². The van der Waals surface area contributed by atoms with Crippen molar-refractivity contribution in [2.75, 3.05) is 18.4 Å². The fraction of sp³-hybridized carbons (Fsp3) is 0.273. The van der Waals surface area contributed by atoms with Gasteiger partial charge < -0.3 is 15.0 Å². The molecule has 0 spiro atoms. The van der Waals surface area contributed by atoms with Gasteiger partial charge >= 0.3 is 0 Å². The van der Waals surface area contributed by atoms with Gasteiger partial charge in [-0.3, -0.25) is 4.79 Å². The Morgan fingerprint density at radius 2 is 2.33 bits per heavy atom. The molecule has 3 rings (SSSR count). The van der Waals surface area contributed by atoms with Crippen molar-refractivity contribution in [2.24, 2.45) is 5.92 Å². The molecule has 5 nitrogen and oxygen atoms in total. The molecule has 2 N–H and O–H groups in total. The predicted octanol–water partition coefficient (Wildman–Crippen LogP) is 1.39. The average molecular weight is 313 g/mol. The summed E-state index contributed by atoms with van der Waals surface area (Å²) >= 11 is 3.20. The minimum absolute atomic E-state index is 0.0219. The summed E-state index contributed by atoms with van der Waals surface area (Å²) in [5.74, 6) is -0.179. The van der Waals surface area contributed by atoms with Crippen LogP contribution in [0.1, 0.15) is 0 Å². The second-order valence-electron chi connectivity index (χ2n) is 4.21. The third-order valence-corrected chi connectivity index (χ3v) is 3.31. The molecule has 0 aliphatic carbocycles. The van der Waals surface area contributed by atoms with Crippen LogP contribution >= 0.6 is 15.9 Å². The number of hydrogen-bond donors (Lipinski definition) is 2. The third-order valence-electron chi connectivity index (χ3n) is 2.88. The van der Waals surface area contributed by atoms with E-state index in [1.165, 1.54) is 10.5 Å². The summed E-state index contributed by atoms with van der Waals surface area (Å²) in [6.45, 7) is 1.36. The molecule has 1 saturated heterocycles. The van der Waals surface area contributed by atoms with Gasteiger partial charge in [0, 0.05) is 23.8 Å². The van der Waals surface area contributed by atoms with Crippen molar-refractivity contribution in [3.05, 3.63) is 28.7 Å². The summed E-state index contributed by atoms with van der Waals surface area (Å²) < 4.78 is 15.8. The number of hydrogen-bond acceptors (Lipinski definition) is 3. The quantitative estimate of drug-likeness (QED) is 0.881. The zero-order valence-electron chi connectivity index (χ0n) is 9.28. The molecule has 1 aliphatic rings. The van der Waals surface area contributed by atoms with Crippen molar-refractivity contribution in [3.63, 3.8) is 0 Å². The van der Waals surface area contributed by atoms with E-state index in [1.54, 1.807) is 12.4 Å². The van der Waals surface area contributed by atoms with Crippen molar-refractivity contribution in [3.8, 4) is 0 Å². The molecule has 0 saturated carbocycles. The second kappa shape index (κ2) is 4.33. The van der Waals surface area contributed by atoms with Crippen LogP contribution in [0, 0.1) is 11.7 Å². The molecule has 1 amide bonds. The fourth-order valence-electron chi connectivity index (χ4n) is 1.79. The van der Waals surface area contributed by atoms with Crippen LogP contribution in [0.3, 0.4) is 0 Å². The normalized spacial score (nSPS) is 15.7. The maximum Gasteiger partial charge on any atom is 0.231 e. The first kappa shape index (κ1) is 11.6. The Kier molecular flexibility index (Phi) is 2.79. The molecular formula is C11H10BrFN4O. The van der Waals surface area contributed by atoms with E-state index in [4.69, 9.17) is 0 Å². The maximum absolute atomic E-state index is 13.6. The number of amides is 1. The summed E-state index contributed by atoms with van der Waals surface area (Å²) in [4.78, 5) is 15.8. The lowest BCUT2D eigenvalue weighted by molar-refractivity contribution is -0.121. The third kappa shape index (κ3) is 1.99. The summed E-state index contributed by atoms with van der Waals surface area (Å²) in [5.41, 5.74) is 0.195.